The van der Waals surface area contributed by atoms with E-state index < -0.39 is 0 Å². The number of carbonyl (C=O) groups excluding carboxylic acids is 1. The average Bonchev–Trinajstić information content (AvgIpc) is 3.10. The Morgan fingerprint density at radius 2 is 2.00 bits per heavy atom. The van der Waals surface area contributed by atoms with Crippen LogP contribution in [0.1, 0.15) is 17.5 Å². The third-order valence-corrected chi connectivity index (χ3v) is 4.82. The zero-order valence-corrected chi connectivity index (χ0v) is 14.6. The van der Waals surface area contributed by atoms with Gasteiger partial charge in [0.25, 0.3) is 0 Å². The molecule has 0 spiro atoms. The first-order valence-corrected chi connectivity index (χ1v) is 8.79. The number of fused-ring (bicyclic) bond motifs is 1. The first-order chi connectivity index (χ1) is 13.1. The molecule has 2 aromatic carbocycles. The highest BCUT2D eigenvalue weighted by atomic mass is 19.1. The fraction of sp³-hybridized carbons (Fsp3) is 0.136. The topological polar surface area (TPSA) is 36.1 Å². The van der Waals surface area contributed by atoms with Crippen LogP contribution in [-0.2, 0) is 4.79 Å². The highest BCUT2D eigenvalue weighted by Crippen LogP contribution is 2.29. The van der Waals surface area contributed by atoms with E-state index in [0.717, 1.165) is 22.0 Å². The maximum atomic E-state index is 13.6. The molecule has 1 amide bonds. The van der Waals surface area contributed by atoms with Crippen LogP contribution in [0, 0.1) is 11.6 Å². The predicted octanol–water partition coefficient (Wildman–Crippen LogP) is 4.78. The van der Waals surface area contributed by atoms with Crippen LogP contribution in [0.5, 0.6) is 0 Å². The number of halogens is 2. The molecule has 3 nitrogen and oxygen atoms in total. The monoisotopic (exact) mass is 364 g/mol. The third kappa shape index (κ3) is 3.53. The van der Waals surface area contributed by atoms with Crippen molar-refractivity contribution in [2.45, 2.75) is 6.42 Å². The normalized spacial score (nSPS) is 14.7. The second-order valence-corrected chi connectivity index (χ2v) is 6.51. The minimum absolute atomic E-state index is 0.144. The second-order valence-electron chi connectivity index (χ2n) is 6.51. The molecule has 0 radical (unpaired) electrons. The van der Waals surface area contributed by atoms with Crippen LogP contribution in [0.4, 0.5) is 8.78 Å². The number of amides is 1. The van der Waals surface area contributed by atoms with Gasteiger partial charge in [0, 0.05) is 47.4 Å². The van der Waals surface area contributed by atoms with Gasteiger partial charge in [0.15, 0.2) is 0 Å². The Bertz CT molecular complexity index is 1070. The Kier molecular flexibility index (Phi) is 4.59. The molecule has 0 fully saturated rings. The van der Waals surface area contributed by atoms with E-state index in [4.69, 9.17) is 0 Å². The van der Waals surface area contributed by atoms with Crippen LogP contribution in [0.3, 0.4) is 0 Å². The van der Waals surface area contributed by atoms with E-state index in [1.807, 2.05) is 12.3 Å². The van der Waals surface area contributed by atoms with E-state index in [-0.39, 0.29) is 17.5 Å². The lowest BCUT2D eigenvalue weighted by atomic mass is 9.99. The average molecular weight is 364 g/mol. The molecule has 0 saturated heterocycles. The van der Waals surface area contributed by atoms with Gasteiger partial charge in [-0.15, -0.1) is 0 Å². The minimum Gasteiger partial charge on any atom is -0.360 e. The molecule has 3 aromatic rings. The lowest BCUT2D eigenvalue weighted by Gasteiger charge is -2.25. The maximum absolute atomic E-state index is 13.6. The molecule has 0 saturated carbocycles. The van der Waals surface area contributed by atoms with Crippen molar-refractivity contribution in [2.75, 3.05) is 13.1 Å². The van der Waals surface area contributed by atoms with Crippen molar-refractivity contribution in [1.82, 2.24) is 9.88 Å². The highest BCUT2D eigenvalue weighted by molar-refractivity contribution is 5.95. The number of nitrogens with one attached hydrogen (secondary N) is 1. The molecule has 27 heavy (non-hydrogen) atoms. The molecule has 4 rings (SSSR count). The molecule has 0 unspecified atom stereocenters. The third-order valence-electron chi connectivity index (χ3n) is 4.82. The number of aromatic amines is 1. The highest BCUT2D eigenvalue weighted by Gasteiger charge is 2.18. The van der Waals surface area contributed by atoms with Gasteiger partial charge in [0.1, 0.15) is 11.6 Å². The summed E-state index contributed by atoms with van der Waals surface area (Å²) in [5.41, 5.74) is 3.33. The lowest BCUT2D eigenvalue weighted by molar-refractivity contribution is -0.125. The summed E-state index contributed by atoms with van der Waals surface area (Å²) in [5.74, 6) is -0.764. The van der Waals surface area contributed by atoms with Crippen LogP contribution < -0.4 is 0 Å². The van der Waals surface area contributed by atoms with Gasteiger partial charge in [0.05, 0.1) is 0 Å². The van der Waals surface area contributed by atoms with Crippen molar-refractivity contribution in [3.05, 3.63) is 83.6 Å². The van der Waals surface area contributed by atoms with Gasteiger partial charge in [0.2, 0.25) is 5.91 Å². The van der Waals surface area contributed by atoms with Gasteiger partial charge >= 0.3 is 0 Å². The predicted molar refractivity (Wildman–Crippen MR) is 103 cm³/mol. The number of hydrogen-bond donors (Lipinski definition) is 1. The zero-order valence-electron chi connectivity index (χ0n) is 14.6. The van der Waals surface area contributed by atoms with Crippen molar-refractivity contribution in [2.24, 2.45) is 0 Å². The Morgan fingerprint density at radius 3 is 2.78 bits per heavy atom. The summed E-state index contributed by atoms with van der Waals surface area (Å²) in [5, 5.41) is 0.974. The number of nitrogens with zero attached hydrogens (tertiary/aromatic N) is 1. The molecule has 1 N–H and O–H groups in total. The van der Waals surface area contributed by atoms with E-state index >= 15 is 0 Å². The first kappa shape index (κ1) is 17.2. The molecule has 1 aliphatic rings. The van der Waals surface area contributed by atoms with Crippen LogP contribution in [0.25, 0.3) is 22.6 Å². The van der Waals surface area contributed by atoms with Crippen LogP contribution in [0.15, 0.2) is 60.8 Å². The van der Waals surface area contributed by atoms with Gasteiger partial charge in [-0.2, -0.15) is 0 Å². The van der Waals surface area contributed by atoms with E-state index in [1.54, 1.807) is 29.2 Å². The van der Waals surface area contributed by atoms with Gasteiger partial charge < -0.3 is 9.88 Å². The Morgan fingerprint density at radius 1 is 1.15 bits per heavy atom. The van der Waals surface area contributed by atoms with E-state index in [1.165, 1.54) is 30.4 Å². The van der Waals surface area contributed by atoms with Crippen LogP contribution in [-0.4, -0.2) is 28.9 Å². The summed E-state index contributed by atoms with van der Waals surface area (Å²) in [6, 6.07) is 11.0. The van der Waals surface area contributed by atoms with Crippen molar-refractivity contribution in [3.8, 4) is 0 Å². The summed E-state index contributed by atoms with van der Waals surface area (Å²) in [4.78, 5) is 17.2. The Hall–Kier alpha value is -3.21. The summed E-state index contributed by atoms with van der Waals surface area (Å²) >= 11 is 0. The standard InChI is InChI=1S/C22H18F2N2O/c23-17-6-7-18-19(14-25-21(18)13-17)15-9-11-26(12-10-15)22(27)8-5-16-3-1-2-4-20(16)24/h1-9,13-14,25H,10-12H2/b8-5+. The number of rotatable bonds is 3. The lowest BCUT2D eigenvalue weighted by Crippen LogP contribution is -2.33. The Labute approximate surface area is 155 Å². The maximum Gasteiger partial charge on any atom is 0.246 e. The quantitative estimate of drug-likeness (QED) is 0.668. The molecule has 5 heteroatoms. The summed E-state index contributed by atoms with van der Waals surface area (Å²) in [7, 11) is 0. The second kappa shape index (κ2) is 7.19. The molecule has 0 aliphatic carbocycles. The van der Waals surface area contributed by atoms with Crippen molar-refractivity contribution in [3.63, 3.8) is 0 Å². The van der Waals surface area contributed by atoms with Gasteiger partial charge in [-0.05, 0) is 42.3 Å². The van der Waals surface area contributed by atoms with Crippen molar-refractivity contribution in [1.29, 1.82) is 0 Å². The summed E-state index contributed by atoms with van der Waals surface area (Å²) in [6.45, 7) is 1.07. The molecular formula is C22H18F2N2O. The zero-order chi connectivity index (χ0) is 18.8. The Balaban J connectivity index is 1.48. The number of benzene rings is 2. The number of aromatic nitrogens is 1. The largest absolute Gasteiger partial charge is 0.360 e. The summed E-state index contributed by atoms with van der Waals surface area (Å²) in [6.07, 6.45) is 7.52. The fourth-order valence-electron chi connectivity index (χ4n) is 3.35. The SMILES string of the molecule is O=C(/C=C/c1ccccc1F)N1CC=C(c2c[nH]c3cc(F)ccc23)CC1. The van der Waals surface area contributed by atoms with Gasteiger partial charge in [-0.3, -0.25) is 4.79 Å². The van der Waals surface area contributed by atoms with E-state index in [0.29, 0.717) is 25.1 Å². The summed E-state index contributed by atoms with van der Waals surface area (Å²) < 4.78 is 27.0. The van der Waals surface area contributed by atoms with Crippen LogP contribution in [0.2, 0.25) is 0 Å². The molecule has 1 aromatic heterocycles. The number of hydrogen-bond acceptors (Lipinski definition) is 1. The van der Waals surface area contributed by atoms with E-state index in [9.17, 15) is 13.6 Å². The number of carbonyl (C=O) groups is 1. The van der Waals surface area contributed by atoms with Crippen molar-refractivity contribution < 1.29 is 13.6 Å². The van der Waals surface area contributed by atoms with Crippen molar-refractivity contribution >= 4 is 28.5 Å². The fourth-order valence-corrected chi connectivity index (χ4v) is 3.35. The minimum atomic E-state index is -0.349. The molecule has 136 valence electrons. The van der Waals surface area contributed by atoms with E-state index in [2.05, 4.69) is 4.98 Å². The molecule has 2 heterocycles. The van der Waals surface area contributed by atoms with Gasteiger partial charge in [-0.1, -0.05) is 24.3 Å². The molecular weight excluding hydrogens is 346 g/mol. The van der Waals surface area contributed by atoms with Gasteiger partial charge in [-0.25, -0.2) is 8.78 Å². The smallest absolute Gasteiger partial charge is 0.246 e. The molecule has 0 bridgehead atoms. The first-order valence-electron chi connectivity index (χ1n) is 8.79. The molecule has 0 atom stereocenters. The number of H-pyrrole nitrogens is 1. The molecule has 1 aliphatic heterocycles. The van der Waals surface area contributed by atoms with Crippen LogP contribution >= 0.6 is 0 Å².